The Morgan fingerprint density at radius 2 is 1.79 bits per heavy atom. The van der Waals surface area contributed by atoms with E-state index in [-0.39, 0.29) is 0 Å². The molecule has 1 heterocycles. The number of carbonyl (C=O) groups is 1. The topological polar surface area (TPSA) is 69.7 Å². The zero-order chi connectivity index (χ0) is 18.8. The van der Waals surface area contributed by atoms with Crippen LogP contribution in [0.3, 0.4) is 0 Å². The summed E-state index contributed by atoms with van der Waals surface area (Å²) >= 11 is 0. The molecule has 5 nitrogen and oxygen atoms in total. The Bertz CT molecular complexity index is 684. The molecule has 0 saturated heterocycles. The van der Waals surface area contributed by atoms with Crippen LogP contribution in [0.1, 0.15) is 6.92 Å². The van der Waals surface area contributed by atoms with Crippen molar-refractivity contribution in [1.29, 1.82) is 0 Å². The molecule has 1 rings (SSSR count). The molecule has 1 aliphatic rings. The number of halogens is 6. The first-order valence-electron chi connectivity index (χ1n) is 6.09. The third-order valence-corrected chi connectivity index (χ3v) is 3.49. The highest BCUT2D eigenvalue weighted by molar-refractivity contribution is 7.87. The standard InChI is InChI=1S/C12H10F6O5S/c1-7-2-3-8(23-24(20,21)12(16,17)18)4-5-22-10(19)9(6-7)11(13,14)15/h2-4,6-7H,5H2,1H3/b3-2-,8-4+,9-6+. The molecule has 1 aliphatic heterocycles. The van der Waals surface area contributed by atoms with Gasteiger partial charge in [-0.3, -0.25) is 0 Å². The number of cyclic esters (lactones) is 1. The molecular weight excluding hydrogens is 370 g/mol. The van der Waals surface area contributed by atoms with Crippen molar-refractivity contribution in [3.05, 3.63) is 35.6 Å². The van der Waals surface area contributed by atoms with Gasteiger partial charge in [0.2, 0.25) is 0 Å². The van der Waals surface area contributed by atoms with Crippen molar-refractivity contribution >= 4 is 16.1 Å². The molecule has 0 amide bonds. The Kier molecular flexibility index (Phi) is 5.74. The first kappa shape index (κ1) is 20.1. The molecule has 0 spiro atoms. The lowest BCUT2D eigenvalue weighted by Gasteiger charge is -2.14. The van der Waals surface area contributed by atoms with Gasteiger partial charge in [-0.1, -0.05) is 19.1 Å². The number of hydrogen-bond donors (Lipinski definition) is 0. The molecule has 24 heavy (non-hydrogen) atoms. The van der Waals surface area contributed by atoms with E-state index in [9.17, 15) is 39.6 Å². The van der Waals surface area contributed by atoms with Gasteiger partial charge in [-0.15, -0.1) is 0 Å². The van der Waals surface area contributed by atoms with Crippen molar-refractivity contribution < 1.29 is 48.5 Å². The Hall–Kier alpha value is -1.98. The number of hydrogen-bond acceptors (Lipinski definition) is 5. The first-order valence-corrected chi connectivity index (χ1v) is 7.50. The van der Waals surface area contributed by atoms with E-state index in [2.05, 4.69) is 8.92 Å². The van der Waals surface area contributed by atoms with Crippen molar-refractivity contribution in [1.82, 2.24) is 0 Å². The summed E-state index contributed by atoms with van der Waals surface area (Å²) in [5.74, 6) is -3.68. The van der Waals surface area contributed by atoms with Gasteiger partial charge in [0.1, 0.15) is 17.9 Å². The van der Waals surface area contributed by atoms with Crippen molar-refractivity contribution in [3.8, 4) is 0 Å². The van der Waals surface area contributed by atoms with E-state index < -0.39 is 51.6 Å². The lowest BCUT2D eigenvalue weighted by Crippen LogP contribution is -2.25. The quantitative estimate of drug-likeness (QED) is 0.319. The monoisotopic (exact) mass is 380 g/mol. The minimum atomic E-state index is -5.97. The average Bonchev–Trinajstić information content (AvgIpc) is 2.38. The lowest BCUT2D eigenvalue weighted by atomic mass is 10.1. The first-order chi connectivity index (χ1) is 10.7. The van der Waals surface area contributed by atoms with Gasteiger partial charge in [0.15, 0.2) is 0 Å². The van der Waals surface area contributed by atoms with Crippen LogP contribution in [-0.2, 0) is 23.8 Å². The molecule has 0 aromatic carbocycles. The number of esters is 1. The van der Waals surface area contributed by atoms with Gasteiger partial charge in [-0.2, -0.15) is 34.8 Å². The van der Waals surface area contributed by atoms with Gasteiger partial charge in [-0.05, 0) is 18.1 Å². The zero-order valence-corrected chi connectivity index (χ0v) is 12.6. The number of ether oxygens (including phenoxy) is 1. The fourth-order valence-corrected chi connectivity index (χ4v) is 1.90. The van der Waals surface area contributed by atoms with Crippen LogP contribution >= 0.6 is 0 Å². The summed E-state index contributed by atoms with van der Waals surface area (Å²) < 4.78 is 105. The summed E-state index contributed by atoms with van der Waals surface area (Å²) in [4.78, 5) is 11.4. The number of alkyl halides is 6. The van der Waals surface area contributed by atoms with Crippen LogP contribution < -0.4 is 0 Å². The smallest absolute Gasteiger partial charge is 0.458 e. The molecule has 0 aliphatic carbocycles. The van der Waals surface area contributed by atoms with E-state index in [1.54, 1.807) is 0 Å². The maximum Gasteiger partial charge on any atom is 0.534 e. The second kappa shape index (κ2) is 6.87. The molecule has 0 N–H and O–H groups in total. The largest absolute Gasteiger partial charge is 0.534 e. The highest BCUT2D eigenvalue weighted by Gasteiger charge is 2.48. The van der Waals surface area contributed by atoms with Crippen LogP contribution in [0.2, 0.25) is 0 Å². The van der Waals surface area contributed by atoms with Gasteiger partial charge < -0.3 is 8.92 Å². The van der Waals surface area contributed by atoms with E-state index in [0.29, 0.717) is 12.2 Å². The molecule has 0 aromatic heterocycles. The van der Waals surface area contributed by atoms with Gasteiger partial charge in [0.25, 0.3) is 0 Å². The highest BCUT2D eigenvalue weighted by atomic mass is 32.2. The fourth-order valence-electron chi connectivity index (χ4n) is 1.42. The van der Waals surface area contributed by atoms with Crippen LogP contribution in [0.15, 0.2) is 35.6 Å². The van der Waals surface area contributed by atoms with E-state index in [4.69, 9.17) is 0 Å². The van der Waals surface area contributed by atoms with Crippen LogP contribution in [-0.4, -0.2) is 32.7 Å². The summed E-state index contributed by atoms with van der Waals surface area (Å²) in [6.07, 6.45) is -2.25. The van der Waals surface area contributed by atoms with Crippen LogP contribution in [0.25, 0.3) is 0 Å². The van der Waals surface area contributed by atoms with E-state index >= 15 is 0 Å². The molecule has 12 heteroatoms. The number of carbonyl (C=O) groups excluding carboxylic acids is 1. The SMILES string of the molecule is CC1/C=C\C(OS(=O)(=O)C(F)(F)F)=C/COC(=O)/C(C(F)(F)F)=C\1. The molecule has 0 bridgehead atoms. The molecule has 1 atom stereocenters. The second-order valence-electron chi connectivity index (χ2n) is 4.48. The molecule has 0 fully saturated rings. The van der Waals surface area contributed by atoms with Gasteiger partial charge in [0.05, 0.1) is 0 Å². The fraction of sp³-hybridized carbons (Fsp3) is 0.417. The van der Waals surface area contributed by atoms with Crippen molar-refractivity contribution in [2.75, 3.05) is 6.61 Å². The van der Waals surface area contributed by atoms with E-state index in [0.717, 1.165) is 12.2 Å². The summed E-state index contributed by atoms with van der Waals surface area (Å²) in [6, 6.07) is 0. The molecule has 0 saturated carbocycles. The van der Waals surface area contributed by atoms with Crippen LogP contribution in [0.5, 0.6) is 0 Å². The van der Waals surface area contributed by atoms with Gasteiger partial charge >= 0.3 is 27.8 Å². The Morgan fingerprint density at radius 1 is 1.21 bits per heavy atom. The minimum absolute atomic E-state index is 0.486. The normalized spacial score (nSPS) is 26.5. The Balaban J connectivity index is 3.14. The molecular formula is C12H10F6O5S. The average molecular weight is 380 g/mol. The summed E-state index contributed by atoms with van der Waals surface area (Å²) in [5, 5.41) is 0. The maximum absolute atomic E-state index is 12.7. The number of allylic oxidation sites excluding steroid dienone is 3. The predicted molar refractivity (Wildman–Crippen MR) is 67.5 cm³/mol. The third-order valence-electron chi connectivity index (χ3n) is 2.51. The van der Waals surface area contributed by atoms with Crippen LogP contribution in [0.4, 0.5) is 26.3 Å². The minimum Gasteiger partial charge on any atom is -0.458 e. The van der Waals surface area contributed by atoms with Crippen molar-refractivity contribution in [3.63, 3.8) is 0 Å². The summed E-state index contributed by atoms with van der Waals surface area (Å²) in [7, 11) is -5.97. The van der Waals surface area contributed by atoms with E-state index in [1.807, 2.05) is 0 Å². The number of rotatable bonds is 2. The molecule has 0 aromatic rings. The zero-order valence-electron chi connectivity index (χ0n) is 11.8. The Labute approximate surface area is 132 Å². The molecule has 136 valence electrons. The third kappa shape index (κ3) is 5.28. The summed E-state index contributed by atoms with van der Waals surface area (Å²) in [5.41, 5.74) is -7.27. The maximum atomic E-state index is 12.7. The van der Waals surface area contributed by atoms with E-state index in [1.165, 1.54) is 6.92 Å². The summed E-state index contributed by atoms with van der Waals surface area (Å²) in [6.45, 7) is 0.265. The Morgan fingerprint density at radius 3 is 2.29 bits per heavy atom. The predicted octanol–water partition coefficient (Wildman–Crippen LogP) is 2.97. The van der Waals surface area contributed by atoms with Crippen LogP contribution in [0, 0.1) is 5.92 Å². The highest BCUT2D eigenvalue weighted by Crippen LogP contribution is 2.30. The van der Waals surface area contributed by atoms with Crippen molar-refractivity contribution in [2.24, 2.45) is 5.92 Å². The van der Waals surface area contributed by atoms with Gasteiger partial charge in [-0.25, -0.2) is 4.79 Å². The molecule has 0 radical (unpaired) electrons. The lowest BCUT2D eigenvalue weighted by molar-refractivity contribution is -0.149. The molecule has 1 unspecified atom stereocenters. The second-order valence-corrected chi connectivity index (χ2v) is 6.02. The van der Waals surface area contributed by atoms with Crippen molar-refractivity contribution in [2.45, 2.75) is 18.6 Å². The van der Waals surface area contributed by atoms with Gasteiger partial charge in [0, 0.05) is 0 Å².